The van der Waals surface area contributed by atoms with Crippen LogP contribution in [0.2, 0.25) is 0 Å². The van der Waals surface area contributed by atoms with Gasteiger partial charge in [-0.3, -0.25) is 9.36 Å². The van der Waals surface area contributed by atoms with E-state index in [1.54, 1.807) is 10.6 Å². The summed E-state index contributed by atoms with van der Waals surface area (Å²) < 4.78 is 1.72. The van der Waals surface area contributed by atoms with Crippen molar-refractivity contribution in [3.63, 3.8) is 0 Å². The molecule has 3 N–H and O–H groups in total. The first-order valence-electron chi connectivity index (χ1n) is 8.58. The molecule has 2 bridgehead atoms. The first kappa shape index (κ1) is 18.0. The minimum Gasteiger partial charge on any atom is -0.368 e. The molecule has 7 nitrogen and oxygen atoms in total. The van der Waals surface area contributed by atoms with Gasteiger partial charge in [0, 0.05) is 17.7 Å². The van der Waals surface area contributed by atoms with E-state index in [2.05, 4.69) is 48.1 Å². The van der Waals surface area contributed by atoms with E-state index < -0.39 is 0 Å². The Hall–Kier alpha value is -1.83. The van der Waals surface area contributed by atoms with Crippen LogP contribution >= 0.6 is 11.8 Å². The monoisotopic (exact) mass is 362 g/mol. The van der Waals surface area contributed by atoms with Crippen molar-refractivity contribution in [3.8, 4) is 0 Å². The van der Waals surface area contributed by atoms with E-state index in [1.807, 2.05) is 0 Å². The summed E-state index contributed by atoms with van der Waals surface area (Å²) in [6.07, 6.45) is 5.11. The highest BCUT2D eigenvalue weighted by atomic mass is 32.2. The zero-order valence-electron chi connectivity index (χ0n) is 15.1. The Morgan fingerprint density at radius 3 is 2.88 bits per heavy atom. The van der Waals surface area contributed by atoms with Crippen molar-refractivity contribution in [2.45, 2.75) is 51.7 Å². The molecule has 0 aromatic carbocycles. The van der Waals surface area contributed by atoms with Gasteiger partial charge in [-0.2, -0.15) is 5.10 Å². The molecule has 2 unspecified atom stereocenters. The molecule has 2 fully saturated rings. The number of nitrogens with one attached hydrogen (secondary N) is 1. The Labute approximate surface area is 152 Å². The minimum atomic E-state index is -0.145. The Balaban J connectivity index is 1.59. The smallest absolute Gasteiger partial charge is 0.250 e. The number of nitrogen functional groups attached to an aromatic ring is 1. The second kappa shape index (κ2) is 6.48. The highest BCUT2D eigenvalue weighted by molar-refractivity contribution is 7.99. The Bertz CT molecular complexity index is 725. The highest BCUT2D eigenvalue weighted by Crippen LogP contribution is 2.63. The molecule has 2 atom stereocenters. The molecule has 1 heterocycles. The lowest BCUT2D eigenvalue weighted by molar-refractivity contribution is -0.118. The number of amides is 1. The van der Waals surface area contributed by atoms with Crippen molar-refractivity contribution in [1.82, 2.24) is 20.2 Å². The number of fused-ring (bicyclic) bond motifs is 2. The van der Waals surface area contributed by atoms with Crippen molar-refractivity contribution >= 4 is 29.3 Å². The molecule has 2 aliphatic carbocycles. The van der Waals surface area contributed by atoms with Gasteiger partial charge in [-0.1, -0.05) is 38.6 Å². The van der Waals surface area contributed by atoms with E-state index in [9.17, 15) is 4.79 Å². The average Bonchev–Trinajstić information content (AvgIpc) is 3.09. The number of anilines is 1. The van der Waals surface area contributed by atoms with Crippen LogP contribution in [-0.2, 0) is 11.3 Å². The highest BCUT2D eigenvalue weighted by Gasteiger charge is 2.59. The van der Waals surface area contributed by atoms with Crippen LogP contribution in [0.5, 0.6) is 0 Å². The molecule has 136 valence electrons. The number of nitrogens with two attached hydrogens (primary N) is 1. The zero-order valence-corrected chi connectivity index (χ0v) is 15.9. The molecule has 25 heavy (non-hydrogen) atoms. The lowest BCUT2D eigenvalue weighted by atomic mass is 9.70. The Morgan fingerprint density at radius 2 is 2.28 bits per heavy atom. The maximum atomic E-state index is 12.2. The number of rotatable bonds is 6. The van der Waals surface area contributed by atoms with Crippen molar-refractivity contribution in [3.05, 3.63) is 12.7 Å². The molecular weight excluding hydrogens is 336 g/mol. The summed E-state index contributed by atoms with van der Waals surface area (Å²) in [5.41, 5.74) is 9.95. The fourth-order valence-electron chi connectivity index (χ4n) is 4.10. The van der Waals surface area contributed by atoms with Crippen molar-refractivity contribution in [2.75, 3.05) is 11.5 Å². The van der Waals surface area contributed by atoms with Crippen molar-refractivity contribution in [2.24, 2.45) is 21.8 Å². The van der Waals surface area contributed by atoms with Crippen LogP contribution in [0.25, 0.3) is 0 Å². The summed E-state index contributed by atoms with van der Waals surface area (Å²) in [5.74, 6) is 1.06. The van der Waals surface area contributed by atoms with Gasteiger partial charge in [0.25, 0.3) is 5.91 Å². The van der Waals surface area contributed by atoms with Gasteiger partial charge in [-0.15, -0.1) is 16.8 Å². The normalized spacial score (nSPS) is 28.4. The lowest BCUT2D eigenvalue weighted by Crippen LogP contribution is -2.34. The summed E-state index contributed by atoms with van der Waals surface area (Å²) in [5, 5.41) is 12.9. The number of hydrogen-bond acceptors (Lipinski definition) is 6. The van der Waals surface area contributed by atoms with Crippen LogP contribution in [0.15, 0.2) is 22.9 Å². The van der Waals surface area contributed by atoms with Gasteiger partial charge in [-0.25, -0.2) is 5.43 Å². The predicted molar refractivity (Wildman–Crippen MR) is 100 cm³/mol. The molecule has 2 aliphatic rings. The van der Waals surface area contributed by atoms with Crippen LogP contribution in [0.4, 0.5) is 5.95 Å². The quantitative estimate of drug-likeness (QED) is 0.460. The minimum absolute atomic E-state index is 0.0939. The maximum absolute atomic E-state index is 12.2. The number of carbonyl (C=O) groups excluding carboxylic acids is 1. The van der Waals surface area contributed by atoms with E-state index in [1.165, 1.54) is 18.2 Å². The number of carbonyl (C=O) groups is 1. The second-order valence-electron chi connectivity index (χ2n) is 7.62. The molecule has 2 saturated carbocycles. The first-order valence-corrected chi connectivity index (χ1v) is 9.56. The molecule has 1 aromatic heterocycles. The maximum Gasteiger partial charge on any atom is 0.250 e. The second-order valence-corrected chi connectivity index (χ2v) is 8.56. The number of hydrazone groups is 1. The average molecular weight is 363 g/mol. The summed E-state index contributed by atoms with van der Waals surface area (Å²) >= 11 is 1.29. The molecule has 0 radical (unpaired) electrons. The van der Waals surface area contributed by atoms with E-state index in [4.69, 9.17) is 5.73 Å². The summed E-state index contributed by atoms with van der Waals surface area (Å²) in [4.78, 5) is 12.2. The lowest BCUT2D eigenvalue weighted by Gasteiger charge is -2.34. The molecular formula is C17H26N6OS. The third-order valence-electron chi connectivity index (χ3n) is 6.22. The molecule has 0 saturated heterocycles. The van der Waals surface area contributed by atoms with Crippen molar-refractivity contribution < 1.29 is 4.79 Å². The van der Waals surface area contributed by atoms with Gasteiger partial charge < -0.3 is 5.73 Å². The third kappa shape index (κ3) is 2.96. The molecule has 3 rings (SSSR count). The largest absolute Gasteiger partial charge is 0.368 e. The first-order chi connectivity index (χ1) is 11.8. The van der Waals surface area contributed by atoms with Gasteiger partial charge in [0.2, 0.25) is 5.95 Å². The predicted octanol–water partition coefficient (Wildman–Crippen LogP) is 2.46. The Morgan fingerprint density at radius 1 is 1.52 bits per heavy atom. The third-order valence-corrected chi connectivity index (χ3v) is 7.18. The fraction of sp³-hybridized carbons (Fsp3) is 0.647. The van der Waals surface area contributed by atoms with Crippen LogP contribution in [0, 0.1) is 16.7 Å². The summed E-state index contributed by atoms with van der Waals surface area (Å²) in [6.45, 7) is 11.1. The fourth-order valence-corrected chi connectivity index (χ4v) is 4.84. The van der Waals surface area contributed by atoms with E-state index in [-0.39, 0.29) is 22.5 Å². The topological polar surface area (TPSA) is 98.2 Å². The molecule has 8 heteroatoms. The van der Waals surface area contributed by atoms with E-state index >= 15 is 0 Å². The van der Waals surface area contributed by atoms with Gasteiger partial charge in [-0.05, 0) is 30.6 Å². The number of thioether (sulfide) groups is 1. The number of aromatic nitrogens is 3. The van der Waals surface area contributed by atoms with E-state index in [0.29, 0.717) is 23.6 Å². The molecule has 1 amide bonds. The number of hydrogen-bond donors (Lipinski definition) is 2. The molecule has 1 aromatic rings. The van der Waals surface area contributed by atoms with E-state index in [0.717, 1.165) is 18.6 Å². The van der Waals surface area contributed by atoms with Crippen LogP contribution in [0.1, 0.15) is 40.0 Å². The van der Waals surface area contributed by atoms with Crippen LogP contribution in [-0.4, -0.2) is 32.1 Å². The molecule has 0 spiro atoms. The summed E-state index contributed by atoms with van der Waals surface area (Å²) in [6, 6.07) is 0. The van der Waals surface area contributed by atoms with Crippen LogP contribution in [0.3, 0.4) is 0 Å². The van der Waals surface area contributed by atoms with Crippen LogP contribution < -0.4 is 11.2 Å². The molecule has 0 aliphatic heterocycles. The van der Waals surface area contributed by atoms with Gasteiger partial charge >= 0.3 is 0 Å². The zero-order chi connectivity index (χ0) is 18.2. The Kier molecular flexibility index (Phi) is 4.66. The van der Waals surface area contributed by atoms with Gasteiger partial charge in [0.05, 0.1) is 5.75 Å². The van der Waals surface area contributed by atoms with Crippen molar-refractivity contribution in [1.29, 1.82) is 0 Å². The van der Waals surface area contributed by atoms with Gasteiger partial charge in [0.1, 0.15) is 0 Å². The number of allylic oxidation sites excluding steroid dienone is 1. The summed E-state index contributed by atoms with van der Waals surface area (Å²) in [7, 11) is 0. The SMILES string of the molecule is C=CCn1c(N)nnc1SCC(=O)NN=C1CC2CCC1(C)C2(C)C. The standard InChI is InChI=1S/C17H26N6OS/c1-5-8-23-14(18)21-22-15(23)25-10-13(24)20-19-12-9-11-6-7-17(12,4)16(11,2)3/h5,11H,1,6-10H2,2-4H3,(H2,18,21)(H,20,24). The van der Waals surface area contributed by atoms with Gasteiger partial charge in [0.15, 0.2) is 5.16 Å². The number of nitrogens with zero attached hydrogens (tertiary/aromatic N) is 4.